The molecule has 6 rings (SSSR count). The smallest absolute Gasteiger partial charge is 0.294 e. The summed E-state index contributed by atoms with van der Waals surface area (Å²) < 4.78 is 0. The van der Waals surface area contributed by atoms with E-state index < -0.39 is 20.1 Å². The van der Waals surface area contributed by atoms with Gasteiger partial charge in [-0.15, -0.1) is 0 Å². The molecule has 0 atom stereocenters. The minimum Gasteiger partial charge on any atom is -0.327 e. The van der Waals surface area contributed by atoms with Gasteiger partial charge in [0.15, 0.2) is 14.5 Å². The molecule has 0 heterocycles. The molecule has 0 fully saturated rings. The fraction of sp³-hybridized carbons (Fsp3) is 0.0270. The molecular weight excluding hydrogens is 522 g/mol. The summed E-state index contributed by atoms with van der Waals surface area (Å²) in [4.78, 5) is 0. The lowest BCUT2D eigenvalue weighted by atomic mass is 10.4. The molecule has 6 aromatic carbocycles. The molecule has 1 N–H and O–H groups in total. The van der Waals surface area contributed by atoms with Crippen molar-refractivity contribution in [2.75, 3.05) is 0 Å². The Morgan fingerprint density at radius 2 is 0.425 bits per heavy atom. The summed E-state index contributed by atoms with van der Waals surface area (Å²) in [5.74, 6) is 0. The van der Waals surface area contributed by atoms with Crippen LogP contribution < -0.4 is 31.8 Å². The van der Waals surface area contributed by atoms with Crippen LogP contribution in [-0.4, -0.2) is 10.7 Å². The molecule has 0 aliphatic heterocycles. The van der Waals surface area contributed by atoms with Crippen molar-refractivity contribution in [1.82, 2.24) is 0 Å². The Balaban J connectivity index is 1.81. The van der Waals surface area contributed by atoms with Gasteiger partial charge in [-0.3, -0.25) is 0 Å². The van der Waals surface area contributed by atoms with Crippen LogP contribution in [0.3, 0.4) is 0 Å². The molecular formula is C37H32OP2+2. The predicted molar refractivity (Wildman–Crippen MR) is 176 cm³/mol. The fourth-order valence-corrected chi connectivity index (χ4v) is 17.7. The lowest BCUT2D eigenvalue weighted by Crippen LogP contribution is -2.47. The first-order valence-electron chi connectivity index (χ1n) is 13.6. The van der Waals surface area contributed by atoms with Gasteiger partial charge in [0.05, 0.1) is 0 Å². The molecule has 0 saturated carbocycles. The van der Waals surface area contributed by atoms with Gasteiger partial charge < -0.3 is 5.11 Å². The summed E-state index contributed by atoms with van der Waals surface area (Å²) in [5.41, 5.74) is -0.723. The molecule has 40 heavy (non-hydrogen) atoms. The Labute approximate surface area is 238 Å². The van der Waals surface area contributed by atoms with E-state index in [1.807, 2.05) is 0 Å². The van der Waals surface area contributed by atoms with Crippen LogP contribution in [0.4, 0.5) is 0 Å². The molecule has 194 valence electrons. The van der Waals surface area contributed by atoms with Crippen molar-refractivity contribution in [2.24, 2.45) is 0 Å². The Kier molecular flexibility index (Phi) is 7.72. The lowest BCUT2D eigenvalue weighted by molar-refractivity contribution is 0.335. The van der Waals surface area contributed by atoms with E-state index in [9.17, 15) is 5.11 Å². The maximum atomic E-state index is 13.7. The molecule has 0 aliphatic carbocycles. The molecule has 1 nitrogen and oxygen atoms in total. The van der Waals surface area contributed by atoms with Gasteiger partial charge in [-0.05, 0) is 72.8 Å². The van der Waals surface area contributed by atoms with E-state index in [0.29, 0.717) is 0 Å². The zero-order valence-electron chi connectivity index (χ0n) is 22.2. The second kappa shape index (κ2) is 11.7. The molecule has 3 heteroatoms. The van der Waals surface area contributed by atoms with Crippen molar-refractivity contribution >= 4 is 46.4 Å². The van der Waals surface area contributed by atoms with Gasteiger partial charge in [-0.1, -0.05) is 109 Å². The van der Waals surface area contributed by atoms with Gasteiger partial charge in [0.25, 0.3) is 5.59 Å². The molecule has 0 bridgehead atoms. The van der Waals surface area contributed by atoms with Crippen molar-refractivity contribution in [3.8, 4) is 0 Å². The SMILES string of the molecule is OC([P+](c1ccccc1)(c1ccccc1)c1ccccc1)[P+](c1ccccc1)(c1ccccc1)c1ccccc1. The average Bonchev–Trinajstić information content (AvgIpc) is 3.05. The largest absolute Gasteiger partial charge is 0.327 e. The second-order valence-corrected chi connectivity index (χ2v) is 17.2. The van der Waals surface area contributed by atoms with Crippen LogP contribution in [0.15, 0.2) is 182 Å². The van der Waals surface area contributed by atoms with Crippen LogP contribution in [-0.2, 0) is 0 Å². The normalized spacial score (nSPS) is 11.8. The van der Waals surface area contributed by atoms with Crippen LogP contribution in [0.5, 0.6) is 0 Å². The van der Waals surface area contributed by atoms with Crippen molar-refractivity contribution in [3.05, 3.63) is 182 Å². The van der Waals surface area contributed by atoms with E-state index in [0.717, 1.165) is 0 Å². The molecule has 6 aromatic rings. The van der Waals surface area contributed by atoms with E-state index in [1.54, 1.807) is 0 Å². The molecule has 0 aromatic heterocycles. The predicted octanol–water partition coefficient (Wildman–Crippen LogP) is 6.25. The molecule has 0 unspecified atom stereocenters. The molecule has 0 aliphatic rings. The van der Waals surface area contributed by atoms with Gasteiger partial charge in [0, 0.05) is 0 Å². The zero-order valence-corrected chi connectivity index (χ0v) is 24.0. The summed E-state index contributed by atoms with van der Waals surface area (Å²) >= 11 is 0. The quantitative estimate of drug-likeness (QED) is 0.221. The number of hydrogen-bond acceptors (Lipinski definition) is 1. The van der Waals surface area contributed by atoms with Gasteiger partial charge in [0.1, 0.15) is 31.8 Å². The lowest BCUT2D eigenvalue weighted by Gasteiger charge is -2.38. The molecule has 0 spiro atoms. The van der Waals surface area contributed by atoms with E-state index in [-0.39, 0.29) is 0 Å². The summed E-state index contributed by atoms with van der Waals surface area (Å²) in [6, 6.07) is 64.3. The van der Waals surface area contributed by atoms with Crippen LogP contribution in [0.25, 0.3) is 0 Å². The first-order chi connectivity index (χ1) is 19.8. The summed E-state index contributed by atoms with van der Waals surface area (Å²) in [6.45, 7) is 0. The van der Waals surface area contributed by atoms with Crippen LogP contribution in [0.1, 0.15) is 0 Å². The third-order valence-corrected chi connectivity index (χ3v) is 17.8. The highest BCUT2D eigenvalue weighted by atomic mass is 31.2. The Morgan fingerprint density at radius 3 is 0.575 bits per heavy atom. The summed E-state index contributed by atoms with van der Waals surface area (Å²) in [6.07, 6.45) is 0. The Hall–Kier alpha value is -3.86. The monoisotopic (exact) mass is 554 g/mol. The number of aliphatic hydroxyl groups excluding tert-OH is 1. The van der Waals surface area contributed by atoms with Gasteiger partial charge in [-0.25, -0.2) is 0 Å². The molecule has 0 amide bonds. The number of rotatable bonds is 8. The molecule has 0 saturated heterocycles. The topological polar surface area (TPSA) is 20.2 Å². The number of hydrogen-bond donors (Lipinski definition) is 1. The van der Waals surface area contributed by atoms with E-state index in [1.165, 1.54) is 31.8 Å². The minimum atomic E-state index is -2.66. The van der Waals surface area contributed by atoms with Crippen molar-refractivity contribution in [3.63, 3.8) is 0 Å². The maximum absolute atomic E-state index is 13.7. The third-order valence-electron chi connectivity index (χ3n) is 7.67. The highest BCUT2D eigenvalue weighted by Gasteiger charge is 2.68. The van der Waals surface area contributed by atoms with Crippen LogP contribution >= 0.6 is 14.5 Å². The average molecular weight is 555 g/mol. The standard InChI is InChI=1S/C37H32OP2/c38-37(39(31-19-7-1-8-20-31,32-21-9-2-10-22-32)33-23-11-3-12-24-33)40(34-25-13-4-14-26-34,35-27-15-5-16-28-35)36-29-17-6-18-30-36/h1-30,37-38H/q+2. The van der Waals surface area contributed by atoms with Crippen LogP contribution in [0, 0.1) is 0 Å². The maximum Gasteiger partial charge on any atom is 0.294 e. The Morgan fingerprint density at radius 1 is 0.275 bits per heavy atom. The van der Waals surface area contributed by atoms with E-state index in [2.05, 4.69) is 182 Å². The van der Waals surface area contributed by atoms with Crippen LogP contribution in [0.2, 0.25) is 0 Å². The first kappa shape index (κ1) is 26.4. The zero-order chi connectivity index (χ0) is 27.3. The summed E-state index contributed by atoms with van der Waals surface area (Å²) in [5, 5.41) is 20.7. The second-order valence-electron chi connectivity index (χ2n) is 9.81. The number of aliphatic hydroxyl groups is 1. The molecule has 0 radical (unpaired) electrons. The minimum absolute atomic E-state index is 0.723. The summed E-state index contributed by atoms with van der Waals surface area (Å²) in [7, 11) is -5.31. The van der Waals surface area contributed by atoms with Crippen molar-refractivity contribution in [1.29, 1.82) is 0 Å². The van der Waals surface area contributed by atoms with Gasteiger partial charge in [-0.2, -0.15) is 0 Å². The van der Waals surface area contributed by atoms with Crippen molar-refractivity contribution in [2.45, 2.75) is 5.59 Å². The number of benzene rings is 6. The third kappa shape index (κ3) is 4.42. The van der Waals surface area contributed by atoms with Gasteiger partial charge >= 0.3 is 0 Å². The van der Waals surface area contributed by atoms with Crippen molar-refractivity contribution < 1.29 is 5.11 Å². The highest BCUT2D eigenvalue weighted by Crippen LogP contribution is 2.75. The van der Waals surface area contributed by atoms with E-state index in [4.69, 9.17) is 0 Å². The highest BCUT2D eigenvalue weighted by molar-refractivity contribution is 8.10. The fourth-order valence-electron chi connectivity index (χ4n) is 5.93. The first-order valence-corrected chi connectivity index (χ1v) is 17.3. The van der Waals surface area contributed by atoms with Gasteiger partial charge in [0.2, 0.25) is 0 Å². The van der Waals surface area contributed by atoms with E-state index >= 15 is 0 Å². The Bertz CT molecular complexity index is 1310.